The third-order valence-electron chi connectivity index (χ3n) is 5.28. The van der Waals surface area contributed by atoms with Crippen molar-refractivity contribution in [2.24, 2.45) is 0 Å². The number of rotatable bonds is 4. The van der Waals surface area contributed by atoms with Crippen LogP contribution in [0.1, 0.15) is 43.9 Å². The van der Waals surface area contributed by atoms with E-state index in [4.69, 9.17) is 0 Å². The lowest BCUT2D eigenvalue weighted by molar-refractivity contribution is -0.132. The molecule has 0 bridgehead atoms. The van der Waals surface area contributed by atoms with Crippen LogP contribution in [0.2, 0.25) is 0 Å². The first kappa shape index (κ1) is 18.8. The van der Waals surface area contributed by atoms with Gasteiger partial charge in [-0.05, 0) is 37.1 Å². The predicted molar refractivity (Wildman–Crippen MR) is 103 cm³/mol. The van der Waals surface area contributed by atoms with Gasteiger partial charge in [0.2, 0.25) is 5.91 Å². The molecule has 1 aromatic carbocycles. The lowest BCUT2D eigenvalue weighted by Gasteiger charge is -2.33. The molecule has 1 aromatic heterocycles. The fourth-order valence-electron chi connectivity index (χ4n) is 3.66. The largest absolute Gasteiger partial charge is 0.349 e. The van der Waals surface area contributed by atoms with Crippen LogP contribution >= 0.6 is 0 Å². The Morgan fingerprint density at radius 3 is 2.24 bits per heavy atom. The smallest absolute Gasteiger partial charge is 0.262 e. The summed E-state index contributed by atoms with van der Waals surface area (Å²) < 4.78 is 0. The summed E-state index contributed by atoms with van der Waals surface area (Å²) in [7, 11) is 0. The number of fused-ring (bicyclic) bond motifs is 1. The van der Waals surface area contributed by atoms with E-state index in [9.17, 15) is 19.2 Å². The molecule has 1 N–H and O–H groups in total. The molecule has 4 amide bonds. The van der Waals surface area contributed by atoms with Gasteiger partial charge >= 0.3 is 0 Å². The minimum absolute atomic E-state index is 0.0361. The van der Waals surface area contributed by atoms with Gasteiger partial charge in [0.05, 0.1) is 16.7 Å². The van der Waals surface area contributed by atoms with Crippen LogP contribution < -0.4 is 5.32 Å². The monoisotopic (exact) mass is 392 g/mol. The zero-order valence-electron chi connectivity index (χ0n) is 15.7. The number of carbonyl (C=O) groups excluding carboxylic acids is 4. The van der Waals surface area contributed by atoms with Crippen LogP contribution in [0.5, 0.6) is 0 Å². The number of likely N-dealkylation sites (tertiary alicyclic amines) is 1. The molecule has 2 aliphatic rings. The highest BCUT2D eigenvalue weighted by Gasteiger charge is 2.37. The normalized spacial score (nSPS) is 16.7. The number of aromatic nitrogens is 1. The second kappa shape index (κ2) is 7.83. The molecule has 1 fully saturated rings. The van der Waals surface area contributed by atoms with E-state index in [1.807, 2.05) is 0 Å². The van der Waals surface area contributed by atoms with Gasteiger partial charge in [-0.1, -0.05) is 12.1 Å². The van der Waals surface area contributed by atoms with Gasteiger partial charge in [-0.3, -0.25) is 29.1 Å². The van der Waals surface area contributed by atoms with Crippen LogP contribution in [0.25, 0.3) is 0 Å². The van der Waals surface area contributed by atoms with Crippen molar-refractivity contribution in [1.82, 2.24) is 20.1 Å². The fourth-order valence-corrected chi connectivity index (χ4v) is 3.66. The molecule has 0 saturated carbocycles. The summed E-state index contributed by atoms with van der Waals surface area (Å²) in [4.78, 5) is 56.3. The molecule has 148 valence electrons. The van der Waals surface area contributed by atoms with E-state index in [0.717, 1.165) is 4.90 Å². The number of hydrogen-bond donors (Lipinski definition) is 1. The van der Waals surface area contributed by atoms with Gasteiger partial charge in [-0.2, -0.15) is 0 Å². The summed E-state index contributed by atoms with van der Waals surface area (Å²) in [6.45, 7) is 0.652. The first-order valence-corrected chi connectivity index (χ1v) is 9.48. The summed E-state index contributed by atoms with van der Waals surface area (Å²) in [5.41, 5.74) is 1.17. The Hall–Kier alpha value is -3.55. The molecule has 2 aromatic rings. The van der Waals surface area contributed by atoms with E-state index >= 15 is 0 Å². The molecule has 1 saturated heterocycles. The van der Waals surface area contributed by atoms with Crippen molar-refractivity contribution in [2.75, 3.05) is 19.6 Å². The quantitative estimate of drug-likeness (QED) is 0.786. The van der Waals surface area contributed by atoms with Crippen LogP contribution in [0.3, 0.4) is 0 Å². The molecule has 4 rings (SSSR count). The highest BCUT2D eigenvalue weighted by atomic mass is 16.2. The van der Waals surface area contributed by atoms with E-state index < -0.39 is 11.8 Å². The Morgan fingerprint density at radius 2 is 1.66 bits per heavy atom. The topological polar surface area (TPSA) is 99.7 Å². The molecule has 0 aliphatic carbocycles. The number of amides is 4. The van der Waals surface area contributed by atoms with Gasteiger partial charge in [-0.25, -0.2) is 0 Å². The lowest BCUT2D eigenvalue weighted by atomic mass is 10.0. The van der Waals surface area contributed by atoms with Crippen molar-refractivity contribution in [3.05, 3.63) is 65.5 Å². The van der Waals surface area contributed by atoms with Gasteiger partial charge in [0.25, 0.3) is 17.7 Å². The summed E-state index contributed by atoms with van der Waals surface area (Å²) >= 11 is 0. The number of carbonyl (C=O) groups is 4. The molecule has 0 radical (unpaired) electrons. The number of pyridine rings is 1. The molecule has 0 spiro atoms. The highest BCUT2D eigenvalue weighted by molar-refractivity contribution is 6.22. The van der Waals surface area contributed by atoms with Crippen molar-refractivity contribution < 1.29 is 19.2 Å². The maximum atomic E-state index is 12.6. The van der Waals surface area contributed by atoms with Crippen LogP contribution in [0, 0.1) is 0 Å². The van der Waals surface area contributed by atoms with Gasteiger partial charge < -0.3 is 10.2 Å². The van der Waals surface area contributed by atoms with E-state index in [1.54, 1.807) is 47.5 Å². The number of piperidine rings is 1. The Kier molecular flexibility index (Phi) is 5.07. The average Bonchev–Trinajstić information content (AvgIpc) is 3.00. The summed E-state index contributed by atoms with van der Waals surface area (Å²) in [5, 5.41) is 2.96. The molecular formula is C21H20N4O4. The lowest BCUT2D eigenvalue weighted by Crippen LogP contribution is -2.49. The maximum Gasteiger partial charge on any atom is 0.262 e. The highest BCUT2D eigenvalue weighted by Crippen LogP contribution is 2.22. The first-order valence-electron chi connectivity index (χ1n) is 9.48. The summed E-state index contributed by atoms with van der Waals surface area (Å²) in [5.74, 6) is -1.32. The third kappa shape index (κ3) is 3.73. The third-order valence-corrected chi connectivity index (χ3v) is 5.28. The van der Waals surface area contributed by atoms with Crippen molar-refractivity contribution in [3.8, 4) is 0 Å². The van der Waals surface area contributed by atoms with Crippen LogP contribution in [-0.2, 0) is 4.79 Å². The Labute approximate surface area is 167 Å². The molecule has 29 heavy (non-hydrogen) atoms. The van der Waals surface area contributed by atoms with Gasteiger partial charge in [-0.15, -0.1) is 0 Å². The Balaban J connectivity index is 1.30. The minimum atomic E-state index is -0.433. The van der Waals surface area contributed by atoms with Crippen molar-refractivity contribution >= 4 is 23.6 Å². The predicted octanol–water partition coefficient (Wildman–Crippen LogP) is 1.10. The van der Waals surface area contributed by atoms with Gasteiger partial charge in [0.1, 0.15) is 6.54 Å². The molecule has 3 heterocycles. The fraction of sp³-hybridized carbons (Fsp3) is 0.286. The maximum absolute atomic E-state index is 12.6. The van der Waals surface area contributed by atoms with Gasteiger partial charge in [0, 0.05) is 31.5 Å². The van der Waals surface area contributed by atoms with E-state index in [1.165, 1.54) is 6.20 Å². The van der Waals surface area contributed by atoms with Crippen LogP contribution in [-0.4, -0.2) is 64.1 Å². The Morgan fingerprint density at radius 1 is 1.00 bits per heavy atom. The van der Waals surface area contributed by atoms with Crippen LogP contribution in [0.15, 0.2) is 48.8 Å². The molecule has 8 heteroatoms. The zero-order chi connectivity index (χ0) is 20.4. The van der Waals surface area contributed by atoms with E-state index in [0.29, 0.717) is 42.6 Å². The number of nitrogens with one attached hydrogen (secondary N) is 1. The zero-order valence-corrected chi connectivity index (χ0v) is 15.7. The SMILES string of the molecule is O=C(NC1CCN(C(=O)CN2C(=O)c3ccccc3C2=O)CC1)c1cccnc1. The second-order valence-corrected chi connectivity index (χ2v) is 7.11. The van der Waals surface area contributed by atoms with Crippen molar-refractivity contribution in [3.63, 3.8) is 0 Å². The Bertz CT molecular complexity index is 933. The molecular weight excluding hydrogens is 372 g/mol. The molecule has 0 atom stereocenters. The second-order valence-electron chi connectivity index (χ2n) is 7.11. The standard InChI is InChI=1S/C21H20N4O4/c26-18(13-25-20(28)16-5-1-2-6-17(16)21(25)29)24-10-7-15(8-11-24)23-19(27)14-4-3-9-22-12-14/h1-6,9,12,15H,7-8,10-11,13H2,(H,23,27). The number of benzene rings is 1. The van der Waals surface area contributed by atoms with E-state index in [-0.39, 0.29) is 24.4 Å². The molecule has 2 aliphatic heterocycles. The number of nitrogens with zero attached hydrogens (tertiary/aromatic N) is 3. The van der Waals surface area contributed by atoms with E-state index in [2.05, 4.69) is 10.3 Å². The first-order chi connectivity index (χ1) is 14.0. The average molecular weight is 392 g/mol. The number of imide groups is 1. The summed E-state index contributed by atoms with van der Waals surface area (Å²) in [6, 6.07) is 9.94. The van der Waals surface area contributed by atoms with Gasteiger partial charge in [0.15, 0.2) is 0 Å². The summed E-state index contributed by atoms with van der Waals surface area (Å²) in [6.07, 6.45) is 4.34. The minimum Gasteiger partial charge on any atom is -0.349 e. The van der Waals surface area contributed by atoms with Crippen molar-refractivity contribution in [2.45, 2.75) is 18.9 Å². The number of hydrogen-bond acceptors (Lipinski definition) is 5. The van der Waals surface area contributed by atoms with Crippen molar-refractivity contribution in [1.29, 1.82) is 0 Å². The molecule has 0 unspecified atom stereocenters. The molecule has 8 nitrogen and oxygen atoms in total. The van der Waals surface area contributed by atoms with Crippen LogP contribution in [0.4, 0.5) is 0 Å².